The fourth-order valence-corrected chi connectivity index (χ4v) is 1.67. The molecule has 4 nitrogen and oxygen atoms in total. The molecule has 0 spiro atoms. The number of hydrogen-bond acceptors (Lipinski definition) is 4. The highest BCUT2D eigenvalue weighted by Gasteiger charge is 2.34. The Morgan fingerprint density at radius 3 is 2.60 bits per heavy atom. The normalized spacial score (nSPS) is 11.2. The highest BCUT2D eigenvalue weighted by molar-refractivity contribution is 5.42. The number of aromatic nitrogens is 1. The molecule has 0 aliphatic heterocycles. The van der Waals surface area contributed by atoms with Crippen molar-refractivity contribution in [1.82, 2.24) is 4.98 Å². The number of halogens is 3. The number of para-hydroxylation sites is 1. The van der Waals surface area contributed by atoms with Gasteiger partial charge in [0.2, 0.25) is 0 Å². The number of ether oxygens (including phenoxy) is 1. The molecule has 0 unspecified atom stereocenters. The van der Waals surface area contributed by atoms with Gasteiger partial charge in [0.05, 0.1) is 5.56 Å². The van der Waals surface area contributed by atoms with Crippen LogP contribution >= 0.6 is 0 Å². The lowest BCUT2D eigenvalue weighted by Gasteiger charge is -2.14. The molecule has 2 rings (SSSR count). The van der Waals surface area contributed by atoms with Gasteiger partial charge in [-0.15, -0.1) is 0 Å². The summed E-state index contributed by atoms with van der Waals surface area (Å²) in [6.45, 7) is -0.0690. The van der Waals surface area contributed by atoms with E-state index in [1.54, 1.807) is 12.1 Å². The number of alkyl halides is 3. The SMILES string of the molecule is NNc1ncccc1COc1ccccc1C(F)(F)F. The van der Waals surface area contributed by atoms with Crippen molar-refractivity contribution in [3.05, 3.63) is 53.7 Å². The Labute approximate surface area is 113 Å². The largest absolute Gasteiger partial charge is 0.488 e. The van der Waals surface area contributed by atoms with E-state index in [-0.39, 0.29) is 12.4 Å². The van der Waals surface area contributed by atoms with E-state index in [9.17, 15) is 13.2 Å². The number of hydrogen-bond donors (Lipinski definition) is 2. The van der Waals surface area contributed by atoms with Crippen molar-refractivity contribution < 1.29 is 17.9 Å². The van der Waals surface area contributed by atoms with Crippen molar-refractivity contribution in [3.63, 3.8) is 0 Å². The van der Waals surface area contributed by atoms with Crippen LogP contribution in [0.5, 0.6) is 5.75 Å². The van der Waals surface area contributed by atoms with Crippen LogP contribution in [-0.2, 0) is 12.8 Å². The summed E-state index contributed by atoms with van der Waals surface area (Å²) in [5.41, 5.74) is 2.11. The van der Waals surface area contributed by atoms with Gasteiger partial charge in [0.1, 0.15) is 18.2 Å². The van der Waals surface area contributed by atoms with Crippen molar-refractivity contribution in [2.45, 2.75) is 12.8 Å². The van der Waals surface area contributed by atoms with Crippen LogP contribution in [0.1, 0.15) is 11.1 Å². The third-order valence-corrected chi connectivity index (χ3v) is 2.60. The molecular formula is C13H12F3N3O. The molecule has 106 valence electrons. The Bertz CT molecular complexity index is 587. The van der Waals surface area contributed by atoms with E-state index in [0.717, 1.165) is 6.07 Å². The molecule has 0 amide bonds. The summed E-state index contributed by atoms with van der Waals surface area (Å²) >= 11 is 0. The lowest BCUT2D eigenvalue weighted by molar-refractivity contribution is -0.139. The molecule has 20 heavy (non-hydrogen) atoms. The average Bonchev–Trinajstić information content (AvgIpc) is 2.44. The summed E-state index contributed by atoms with van der Waals surface area (Å²) in [6.07, 6.45) is -2.94. The minimum atomic E-state index is -4.46. The van der Waals surface area contributed by atoms with Gasteiger partial charge in [-0.25, -0.2) is 10.8 Å². The number of benzene rings is 1. The maximum atomic E-state index is 12.8. The number of pyridine rings is 1. The zero-order valence-electron chi connectivity index (χ0n) is 10.3. The maximum absolute atomic E-state index is 12.8. The van der Waals surface area contributed by atoms with Crippen molar-refractivity contribution >= 4 is 5.82 Å². The molecule has 0 fully saturated rings. The zero-order chi connectivity index (χ0) is 14.6. The van der Waals surface area contributed by atoms with Gasteiger partial charge >= 0.3 is 6.18 Å². The van der Waals surface area contributed by atoms with Gasteiger partial charge in [0.15, 0.2) is 0 Å². The number of nitrogens with one attached hydrogen (secondary N) is 1. The summed E-state index contributed by atoms with van der Waals surface area (Å²) in [5, 5.41) is 0. The number of nitrogen functional groups attached to an aromatic ring is 1. The van der Waals surface area contributed by atoms with Crippen LogP contribution < -0.4 is 16.0 Å². The van der Waals surface area contributed by atoms with Crippen LogP contribution in [0, 0.1) is 0 Å². The number of nitrogens with zero attached hydrogens (tertiary/aromatic N) is 1. The molecule has 7 heteroatoms. The lowest BCUT2D eigenvalue weighted by atomic mass is 10.2. The second-order valence-corrected chi connectivity index (χ2v) is 3.94. The van der Waals surface area contributed by atoms with Gasteiger partial charge in [-0.2, -0.15) is 13.2 Å². The monoisotopic (exact) mass is 283 g/mol. The van der Waals surface area contributed by atoms with E-state index < -0.39 is 11.7 Å². The molecule has 2 aromatic rings. The Morgan fingerprint density at radius 2 is 1.90 bits per heavy atom. The first-order valence-electron chi connectivity index (χ1n) is 5.72. The molecule has 1 aromatic heterocycles. The Balaban J connectivity index is 2.20. The van der Waals surface area contributed by atoms with Gasteiger partial charge in [-0.3, -0.25) is 0 Å². The average molecular weight is 283 g/mol. The fraction of sp³-hybridized carbons (Fsp3) is 0.154. The van der Waals surface area contributed by atoms with E-state index >= 15 is 0 Å². The Kier molecular flexibility index (Phi) is 4.09. The van der Waals surface area contributed by atoms with Crippen molar-refractivity contribution in [1.29, 1.82) is 0 Å². The number of nitrogens with two attached hydrogens (primary N) is 1. The quantitative estimate of drug-likeness (QED) is 0.669. The maximum Gasteiger partial charge on any atom is 0.419 e. The van der Waals surface area contributed by atoms with Crippen molar-refractivity contribution in [2.24, 2.45) is 5.84 Å². The third kappa shape index (κ3) is 3.18. The molecule has 0 bridgehead atoms. The third-order valence-electron chi connectivity index (χ3n) is 2.60. The highest BCUT2D eigenvalue weighted by atomic mass is 19.4. The van der Waals surface area contributed by atoms with Gasteiger partial charge in [0.25, 0.3) is 0 Å². The first-order valence-corrected chi connectivity index (χ1v) is 5.72. The summed E-state index contributed by atoms with van der Waals surface area (Å²) < 4.78 is 43.6. The Hall–Kier alpha value is -2.28. The fourth-order valence-electron chi connectivity index (χ4n) is 1.67. The van der Waals surface area contributed by atoms with E-state index in [0.29, 0.717) is 11.4 Å². The Morgan fingerprint density at radius 1 is 1.15 bits per heavy atom. The molecule has 0 saturated carbocycles. The summed E-state index contributed by atoms with van der Waals surface area (Å²) in [6, 6.07) is 8.35. The standard InChI is InChI=1S/C13H12F3N3O/c14-13(15,16)10-5-1-2-6-11(10)20-8-9-4-3-7-18-12(9)19-17/h1-7H,8,17H2,(H,18,19). The van der Waals surface area contributed by atoms with Crippen molar-refractivity contribution in [3.8, 4) is 5.75 Å². The van der Waals surface area contributed by atoms with Gasteiger partial charge in [-0.05, 0) is 18.2 Å². The molecule has 0 radical (unpaired) electrons. The molecule has 1 aromatic carbocycles. The first-order chi connectivity index (χ1) is 9.52. The van der Waals surface area contributed by atoms with E-state index in [1.165, 1.54) is 24.4 Å². The summed E-state index contributed by atoms with van der Waals surface area (Å²) in [5.74, 6) is 5.40. The molecular weight excluding hydrogens is 271 g/mol. The van der Waals surface area contributed by atoms with Crippen molar-refractivity contribution in [2.75, 3.05) is 5.43 Å². The molecule has 0 aliphatic rings. The highest BCUT2D eigenvalue weighted by Crippen LogP contribution is 2.36. The number of rotatable bonds is 4. The second kappa shape index (κ2) is 5.79. The van der Waals surface area contributed by atoms with Gasteiger partial charge in [-0.1, -0.05) is 18.2 Å². The van der Waals surface area contributed by atoms with Crippen LogP contribution in [-0.4, -0.2) is 4.98 Å². The van der Waals surface area contributed by atoms with Crippen LogP contribution in [0.3, 0.4) is 0 Å². The van der Waals surface area contributed by atoms with E-state index in [4.69, 9.17) is 10.6 Å². The minimum Gasteiger partial charge on any atom is -0.488 e. The van der Waals surface area contributed by atoms with E-state index in [1.807, 2.05) is 0 Å². The van der Waals surface area contributed by atoms with Gasteiger partial charge in [0, 0.05) is 11.8 Å². The predicted molar refractivity (Wildman–Crippen MR) is 67.8 cm³/mol. The molecule has 1 heterocycles. The number of anilines is 1. The zero-order valence-corrected chi connectivity index (χ0v) is 10.3. The smallest absolute Gasteiger partial charge is 0.419 e. The lowest BCUT2D eigenvalue weighted by Crippen LogP contribution is -2.13. The summed E-state index contributed by atoms with van der Waals surface area (Å²) in [7, 11) is 0. The summed E-state index contributed by atoms with van der Waals surface area (Å²) in [4.78, 5) is 3.94. The number of hydrazine groups is 1. The first kappa shape index (κ1) is 14.1. The van der Waals surface area contributed by atoms with E-state index in [2.05, 4.69) is 10.4 Å². The topological polar surface area (TPSA) is 60.2 Å². The second-order valence-electron chi connectivity index (χ2n) is 3.94. The van der Waals surface area contributed by atoms with Gasteiger partial charge < -0.3 is 10.2 Å². The van der Waals surface area contributed by atoms with Crippen LogP contribution in [0.4, 0.5) is 19.0 Å². The van der Waals surface area contributed by atoms with Crippen LogP contribution in [0.15, 0.2) is 42.6 Å². The predicted octanol–water partition coefficient (Wildman–Crippen LogP) is 2.97. The minimum absolute atomic E-state index is 0.0690. The molecule has 0 saturated heterocycles. The molecule has 0 atom stereocenters. The molecule has 3 N–H and O–H groups in total. The van der Waals surface area contributed by atoms with Crippen LogP contribution in [0.2, 0.25) is 0 Å². The van der Waals surface area contributed by atoms with Crippen LogP contribution in [0.25, 0.3) is 0 Å². The molecule has 0 aliphatic carbocycles.